The van der Waals surface area contributed by atoms with Crippen LogP contribution in [0.15, 0.2) is 17.0 Å². The van der Waals surface area contributed by atoms with E-state index in [0.717, 1.165) is 0 Å². The zero-order valence-electron chi connectivity index (χ0n) is 7.90. The molecule has 0 spiro atoms. The van der Waals surface area contributed by atoms with Crippen molar-refractivity contribution in [2.75, 3.05) is 0 Å². The summed E-state index contributed by atoms with van der Waals surface area (Å²) < 4.78 is 37.1. The van der Waals surface area contributed by atoms with Gasteiger partial charge in [-0.1, -0.05) is 3.89 Å². The Kier molecular flexibility index (Phi) is 3.58. The minimum absolute atomic E-state index is 0.0922. The molecule has 0 aliphatic rings. The van der Waals surface area contributed by atoms with E-state index in [9.17, 15) is 12.3 Å². The topological polar surface area (TPSA) is 69.4 Å². The lowest BCUT2D eigenvalue weighted by atomic mass is 10.1. The highest BCUT2D eigenvalue weighted by Crippen LogP contribution is 2.27. The summed E-state index contributed by atoms with van der Waals surface area (Å²) in [6.45, 7) is 1.79. The predicted octanol–water partition coefficient (Wildman–Crippen LogP) is 1.34. The van der Waals surface area contributed by atoms with Crippen molar-refractivity contribution >= 4 is 23.1 Å². The fourth-order valence-corrected chi connectivity index (χ4v) is 1.80. The normalized spacial score (nSPS) is 11.5. The molecule has 1 aromatic carbocycles. The smallest absolute Gasteiger partial charge is 0.358 e. The van der Waals surface area contributed by atoms with Crippen molar-refractivity contribution in [1.29, 1.82) is 0 Å². The Labute approximate surface area is 93.1 Å². The molecule has 0 aliphatic carbocycles. The molecular weight excluding hydrogens is 241 g/mol. The minimum atomic E-state index is -5.02. The molecule has 1 rings (SSSR count). The van der Waals surface area contributed by atoms with Crippen molar-refractivity contribution in [3.63, 3.8) is 0 Å². The van der Waals surface area contributed by atoms with Gasteiger partial charge >= 0.3 is 10.5 Å². The van der Waals surface area contributed by atoms with Gasteiger partial charge < -0.3 is 9.92 Å². The molecule has 7 heteroatoms. The molecule has 0 unspecified atom stereocenters. The van der Waals surface area contributed by atoms with E-state index < -0.39 is 10.5 Å². The molecule has 0 fully saturated rings. The van der Waals surface area contributed by atoms with Crippen molar-refractivity contribution in [2.45, 2.75) is 18.4 Å². The molecule has 0 saturated carbocycles. The van der Waals surface area contributed by atoms with Crippen LogP contribution in [0.2, 0.25) is 0 Å². The fourth-order valence-electron chi connectivity index (χ4n) is 1.14. The second kappa shape index (κ2) is 4.38. The van der Waals surface area contributed by atoms with Gasteiger partial charge in [-0.25, -0.2) is 0 Å². The number of hydrogen-bond donors (Lipinski definition) is 2. The third-order valence-electron chi connectivity index (χ3n) is 1.86. The Bertz CT molecular complexity index is 473. The van der Waals surface area contributed by atoms with Gasteiger partial charge in [-0.3, -0.25) is 0 Å². The zero-order chi connectivity index (χ0) is 11.6. The molecule has 4 nitrogen and oxygen atoms in total. The SMILES string of the molecule is Cc1c(CN)cc(S)cc1OS(=O)(=O)F. The maximum Gasteiger partial charge on any atom is 0.488 e. The van der Waals surface area contributed by atoms with Crippen LogP contribution in [-0.4, -0.2) is 8.42 Å². The molecule has 0 aromatic heterocycles. The van der Waals surface area contributed by atoms with Crippen molar-refractivity contribution in [1.82, 2.24) is 0 Å². The van der Waals surface area contributed by atoms with Gasteiger partial charge in [-0.2, -0.15) is 8.42 Å². The van der Waals surface area contributed by atoms with E-state index in [4.69, 9.17) is 5.73 Å². The zero-order valence-corrected chi connectivity index (χ0v) is 9.61. The fraction of sp³-hybridized carbons (Fsp3) is 0.250. The summed E-state index contributed by atoms with van der Waals surface area (Å²) in [6, 6.07) is 2.98. The average Bonchev–Trinajstić information content (AvgIpc) is 2.08. The molecule has 0 radical (unpaired) electrons. The molecule has 15 heavy (non-hydrogen) atoms. The lowest BCUT2D eigenvalue weighted by Crippen LogP contribution is -2.06. The summed E-state index contributed by atoms with van der Waals surface area (Å²) in [5.74, 6) is -0.0922. The third-order valence-corrected chi connectivity index (χ3v) is 2.50. The average molecular weight is 251 g/mol. The molecule has 0 atom stereocenters. The van der Waals surface area contributed by atoms with E-state index in [-0.39, 0.29) is 12.3 Å². The van der Waals surface area contributed by atoms with Crippen LogP contribution in [0.1, 0.15) is 11.1 Å². The van der Waals surface area contributed by atoms with Crippen molar-refractivity contribution in [3.05, 3.63) is 23.3 Å². The van der Waals surface area contributed by atoms with Crippen LogP contribution in [0.25, 0.3) is 0 Å². The van der Waals surface area contributed by atoms with Gasteiger partial charge in [0, 0.05) is 11.4 Å². The van der Waals surface area contributed by atoms with Crippen LogP contribution >= 0.6 is 12.6 Å². The van der Waals surface area contributed by atoms with Crippen LogP contribution in [-0.2, 0) is 17.0 Å². The Morgan fingerprint density at radius 1 is 1.53 bits per heavy atom. The number of rotatable bonds is 3. The van der Waals surface area contributed by atoms with E-state index in [2.05, 4.69) is 16.8 Å². The maximum atomic E-state index is 12.3. The minimum Gasteiger partial charge on any atom is -0.358 e. The molecule has 2 N–H and O–H groups in total. The Morgan fingerprint density at radius 3 is 2.60 bits per heavy atom. The number of nitrogens with two attached hydrogens (primary N) is 1. The van der Waals surface area contributed by atoms with Gasteiger partial charge in [0.25, 0.3) is 0 Å². The monoisotopic (exact) mass is 251 g/mol. The largest absolute Gasteiger partial charge is 0.488 e. The number of hydrogen-bond acceptors (Lipinski definition) is 5. The van der Waals surface area contributed by atoms with Gasteiger partial charge in [0.15, 0.2) is 0 Å². The van der Waals surface area contributed by atoms with Crippen LogP contribution in [0.4, 0.5) is 3.89 Å². The quantitative estimate of drug-likeness (QED) is 0.628. The number of thiol groups is 1. The lowest BCUT2D eigenvalue weighted by molar-refractivity contribution is 0.438. The first-order valence-electron chi connectivity index (χ1n) is 4.00. The van der Waals surface area contributed by atoms with Gasteiger partial charge in [0.05, 0.1) is 0 Å². The second-order valence-corrected chi connectivity index (χ2v) is 4.38. The molecule has 0 amide bonds. The molecule has 1 aromatic rings. The molecule has 0 saturated heterocycles. The number of halogens is 1. The van der Waals surface area contributed by atoms with E-state index >= 15 is 0 Å². The summed E-state index contributed by atoms with van der Waals surface area (Å²) in [6.07, 6.45) is 0. The first kappa shape index (κ1) is 12.3. The van der Waals surface area contributed by atoms with E-state index in [1.165, 1.54) is 6.07 Å². The van der Waals surface area contributed by atoms with Crippen molar-refractivity contribution < 1.29 is 16.5 Å². The van der Waals surface area contributed by atoms with Crippen LogP contribution in [0.3, 0.4) is 0 Å². The highest BCUT2D eigenvalue weighted by Gasteiger charge is 2.14. The standard InChI is InChI=1S/C8H10FNO3S2/c1-5-6(4-10)2-7(14)3-8(5)13-15(9,11)12/h2-3,14H,4,10H2,1H3. The maximum absolute atomic E-state index is 12.3. The highest BCUT2D eigenvalue weighted by molar-refractivity contribution is 7.81. The molecule has 0 aliphatic heterocycles. The highest BCUT2D eigenvalue weighted by atomic mass is 32.3. The third kappa shape index (κ3) is 3.37. The molecular formula is C8H10FNO3S2. The van der Waals surface area contributed by atoms with Crippen LogP contribution in [0, 0.1) is 6.92 Å². The van der Waals surface area contributed by atoms with Crippen LogP contribution in [0.5, 0.6) is 5.75 Å². The molecule has 0 bridgehead atoms. The first-order chi connectivity index (χ1) is 6.83. The lowest BCUT2D eigenvalue weighted by Gasteiger charge is -2.09. The summed E-state index contributed by atoms with van der Waals surface area (Å²) in [5.41, 5.74) is 6.56. The Morgan fingerprint density at radius 2 is 2.13 bits per heavy atom. The molecule has 84 valence electrons. The van der Waals surface area contributed by atoms with E-state index in [1.807, 2.05) is 0 Å². The summed E-state index contributed by atoms with van der Waals surface area (Å²) in [5, 5.41) is 0. The summed E-state index contributed by atoms with van der Waals surface area (Å²) in [7, 11) is -5.02. The predicted molar refractivity (Wildman–Crippen MR) is 57.0 cm³/mol. The van der Waals surface area contributed by atoms with Gasteiger partial charge in [0.2, 0.25) is 0 Å². The Hall–Kier alpha value is -0.790. The van der Waals surface area contributed by atoms with Gasteiger partial charge in [-0.15, -0.1) is 12.6 Å². The Balaban J connectivity index is 3.24. The first-order valence-corrected chi connectivity index (χ1v) is 5.75. The van der Waals surface area contributed by atoms with Gasteiger partial charge in [0.1, 0.15) is 5.75 Å². The van der Waals surface area contributed by atoms with Crippen molar-refractivity contribution in [3.8, 4) is 5.75 Å². The van der Waals surface area contributed by atoms with E-state index in [0.29, 0.717) is 16.0 Å². The summed E-state index contributed by atoms with van der Waals surface area (Å²) in [4.78, 5) is 0.458. The van der Waals surface area contributed by atoms with E-state index in [1.54, 1.807) is 13.0 Å². The van der Waals surface area contributed by atoms with Gasteiger partial charge in [-0.05, 0) is 30.2 Å². The summed E-state index contributed by atoms with van der Waals surface area (Å²) >= 11 is 4.02. The molecule has 0 heterocycles. The van der Waals surface area contributed by atoms with Crippen LogP contribution < -0.4 is 9.92 Å². The second-order valence-electron chi connectivity index (χ2n) is 2.91. The number of benzene rings is 1. The van der Waals surface area contributed by atoms with Crippen molar-refractivity contribution in [2.24, 2.45) is 5.73 Å².